The van der Waals surface area contributed by atoms with Gasteiger partial charge in [-0.3, -0.25) is 4.90 Å². The molecule has 1 amide bonds. The third-order valence-corrected chi connectivity index (χ3v) is 3.03. The minimum atomic E-state index is -0.346. The van der Waals surface area contributed by atoms with Crippen molar-refractivity contribution in [3.05, 3.63) is 24.0 Å². The zero-order valence-corrected chi connectivity index (χ0v) is 10.0. The van der Waals surface area contributed by atoms with E-state index in [9.17, 15) is 4.79 Å². The molecule has 3 N–H and O–H groups in total. The van der Waals surface area contributed by atoms with E-state index < -0.39 is 0 Å². The molecule has 1 saturated heterocycles. The minimum Gasteiger partial charge on any atom is -0.443 e. The maximum atomic E-state index is 11.7. The molecule has 1 aromatic heterocycles. The lowest BCUT2D eigenvalue weighted by Gasteiger charge is -2.12. The maximum Gasteiger partial charge on any atom is 0.414 e. The van der Waals surface area contributed by atoms with Crippen LogP contribution >= 0.6 is 0 Å². The second kappa shape index (κ2) is 3.99. The van der Waals surface area contributed by atoms with Gasteiger partial charge >= 0.3 is 6.09 Å². The summed E-state index contributed by atoms with van der Waals surface area (Å²) >= 11 is 0. The fourth-order valence-corrected chi connectivity index (χ4v) is 2.15. The van der Waals surface area contributed by atoms with E-state index in [0.29, 0.717) is 13.1 Å². The van der Waals surface area contributed by atoms with Crippen LogP contribution in [0.15, 0.2) is 18.2 Å². The summed E-state index contributed by atoms with van der Waals surface area (Å²) in [5.74, 6) is 0.853. The van der Waals surface area contributed by atoms with Crippen LogP contribution in [0.1, 0.15) is 5.82 Å². The highest BCUT2D eigenvalue weighted by atomic mass is 16.6. The number of aryl methyl sites for hydroxylation is 1. The molecule has 6 heteroatoms. The van der Waals surface area contributed by atoms with Gasteiger partial charge in [-0.05, 0) is 25.1 Å². The number of nitrogens with two attached hydrogens (primary N) is 1. The highest BCUT2D eigenvalue weighted by Gasteiger charge is 2.31. The van der Waals surface area contributed by atoms with Crippen LogP contribution in [0.25, 0.3) is 11.0 Å². The van der Waals surface area contributed by atoms with E-state index in [1.807, 2.05) is 25.1 Å². The van der Waals surface area contributed by atoms with Gasteiger partial charge in [0.05, 0.1) is 17.6 Å². The highest BCUT2D eigenvalue weighted by Crippen LogP contribution is 2.24. The molecule has 18 heavy (non-hydrogen) atoms. The average molecular weight is 246 g/mol. The Kier molecular flexibility index (Phi) is 2.45. The van der Waals surface area contributed by atoms with Crippen LogP contribution < -0.4 is 10.6 Å². The van der Waals surface area contributed by atoms with Crippen molar-refractivity contribution in [1.82, 2.24) is 9.97 Å². The summed E-state index contributed by atoms with van der Waals surface area (Å²) in [5, 5.41) is 0. The van der Waals surface area contributed by atoms with Crippen molar-refractivity contribution in [2.24, 2.45) is 5.73 Å². The number of benzene rings is 1. The number of ether oxygens (including phenoxy) is 1. The number of hydrogen-bond donors (Lipinski definition) is 2. The number of hydrogen-bond acceptors (Lipinski definition) is 4. The molecule has 1 unspecified atom stereocenters. The summed E-state index contributed by atoms with van der Waals surface area (Å²) < 4.78 is 5.13. The Morgan fingerprint density at radius 1 is 1.61 bits per heavy atom. The summed E-state index contributed by atoms with van der Waals surface area (Å²) in [7, 11) is 0. The lowest BCUT2D eigenvalue weighted by atomic mass is 10.2. The minimum absolute atomic E-state index is 0.225. The Bertz CT molecular complexity index is 607. The Labute approximate surface area is 104 Å². The molecule has 1 aromatic carbocycles. The van der Waals surface area contributed by atoms with Crippen molar-refractivity contribution < 1.29 is 9.53 Å². The first kappa shape index (κ1) is 11.0. The second-order valence-electron chi connectivity index (χ2n) is 4.38. The zero-order valence-electron chi connectivity index (χ0n) is 10.0. The van der Waals surface area contributed by atoms with Gasteiger partial charge < -0.3 is 15.5 Å². The molecule has 0 bridgehead atoms. The molecule has 2 heterocycles. The van der Waals surface area contributed by atoms with Crippen molar-refractivity contribution >= 4 is 22.8 Å². The molecule has 0 radical (unpaired) electrons. The number of nitrogens with zero attached hydrogens (tertiary/aromatic N) is 2. The van der Waals surface area contributed by atoms with Crippen LogP contribution in [-0.2, 0) is 4.74 Å². The van der Waals surface area contributed by atoms with E-state index in [1.165, 1.54) is 0 Å². The lowest BCUT2D eigenvalue weighted by molar-refractivity contribution is 0.145. The van der Waals surface area contributed by atoms with Gasteiger partial charge in [0.2, 0.25) is 0 Å². The standard InChI is InChI=1S/C12H14N4O2/c1-7-14-10-3-2-8(4-11(10)15-7)16-6-9(5-13)18-12(16)17/h2-4,9H,5-6,13H2,1H3,(H,14,15). The van der Waals surface area contributed by atoms with Gasteiger partial charge in [0.15, 0.2) is 0 Å². The maximum absolute atomic E-state index is 11.7. The zero-order chi connectivity index (χ0) is 12.7. The largest absolute Gasteiger partial charge is 0.443 e. The highest BCUT2D eigenvalue weighted by molar-refractivity contribution is 5.92. The van der Waals surface area contributed by atoms with Crippen molar-refractivity contribution in [2.75, 3.05) is 18.0 Å². The SMILES string of the molecule is Cc1nc2ccc(N3CC(CN)OC3=O)cc2[nH]1. The van der Waals surface area contributed by atoms with Crippen LogP contribution in [0.5, 0.6) is 0 Å². The Balaban J connectivity index is 1.96. The summed E-state index contributed by atoms with van der Waals surface area (Å²) in [4.78, 5) is 20.8. The molecule has 3 rings (SSSR count). The predicted octanol–water partition coefficient (Wildman–Crippen LogP) is 1.16. The molecule has 1 aliphatic heterocycles. The first-order chi connectivity index (χ1) is 8.67. The number of rotatable bonds is 2. The van der Waals surface area contributed by atoms with Crippen LogP contribution in [0.2, 0.25) is 0 Å². The number of amides is 1. The molecule has 0 aliphatic carbocycles. The van der Waals surface area contributed by atoms with Crippen molar-refractivity contribution in [3.8, 4) is 0 Å². The van der Waals surface area contributed by atoms with Gasteiger partial charge in [-0.2, -0.15) is 0 Å². The van der Waals surface area contributed by atoms with E-state index in [1.54, 1.807) is 4.90 Å². The fraction of sp³-hybridized carbons (Fsp3) is 0.333. The van der Waals surface area contributed by atoms with Gasteiger partial charge in [-0.15, -0.1) is 0 Å². The lowest BCUT2D eigenvalue weighted by Crippen LogP contribution is -2.27. The topological polar surface area (TPSA) is 84.2 Å². The van der Waals surface area contributed by atoms with Crippen LogP contribution in [0.3, 0.4) is 0 Å². The summed E-state index contributed by atoms with van der Waals surface area (Å²) in [6, 6.07) is 5.65. The number of aromatic nitrogens is 2. The summed E-state index contributed by atoms with van der Waals surface area (Å²) in [6.07, 6.45) is -0.572. The van der Waals surface area contributed by atoms with Gasteiger partial charge in [0, 0.05) is 12.2 Å². The Morgan fingerprint density at radius 2 is 2.44 bits per heavy atom. The molecular formula is C12H14N4O2. The van der Waals surface area contributed by atoms with Crippen LogP contribution in [-0.4, -0.2) is 35.3 Å². The second-order valence-corrected chi connectivity index (χ2v) is 4.38. The number of aromatic amines is 1. The monoisotopic (exact) mass is 246 g/mol. The van der Waals surface area contributed by atoms with Gasteiger partial charge in [0.25, 0.3) is 0 Å². The fourth-order valence-electron chi connectivity index (χ4n) is 2.15. The van der Waals surface area contributed by atoms with E-state index in [-0.39, 0.29) is 12.2 Å². The first-order valence-electron chi connectivity index (χ1n) is 5.82. The Hall–Kier alpha value is -2.08. The average Bonchev–Trinajstić information content (AvgIpc) is 2.89. The molecule has 2 aromatic rings. The molecule has 1 aliphatic rings. The van der Waals surface area contributed by atoms with Gasteiger partial charge in [0.1, 0.15) is 11.9 Å². The number of carbonyl (C=O) groups excluding carboxylic acids is 1. The van der Waals surface area contributed by atoms with Crippen molar-refractivity contribution in [1.29, 1.82) is 0 Å². The molecule has 1 fully saturated rings. The number of fused-ring (bicyclic) bond motifs is 1. The number of cyclic esters (lactones) is 1. The number of carbonyl (C=O) groups is 1. The van der Waals surface area contributed by atoms with Crippen molar-refractivity contribution in [3.63, 3.8) is 0 Å². The Morgan fingerprint density at radius 3 is 3.17 bits per heavy atom. The van der Waals surface area contributed by atoms with Crippen LogP contribution in [0, 0.1) is 6.92 Å². The van der Waals surface area contributed by atoms with E-state index >= 15 is 0 Å². The van der Waals surface area contributed by atoms with Crippen molar-refractivity contribution in [2.45, 2.75) is 13.0 Å². The third kappa shape index (κ3) is 1.70. The molecule has 0 spiro atoms. The quantitative estimate of drug-likeness (QED) is 0.832. The number of imidazole rings is 1. The summed E-state index contributed by atoms with van der Waals surface area (Å²) in [5.41, 5.74) is 8.11. The number of anilines is 1. The third-order valence-electron chi connectivity index (χ3n) is 3.03. The summed E-state index contributed by atoms with van der Waals surface area (Å²) in [6.45, 7) is 2.73. The normalized spacial score (nSPS) is 19.6. The van der Waals surface area contributed by atoms with E-state index in [0.717, 1.165) is 22.5 Å². The first-order valence-corrected chi connectivity index (χ1v) is 5.82. The molecule has 1 atom stereocenters. The predicted molar refractivity (Wildman–Crippen MR) is 67.5 cm³/mol. The van der Waals surface area contributed by atoms with Gasteiger partial charge in [-0.25, -0.2) is 9.78 Å². The van der Waals surface area contributed by atoms with E-state index in [4.69, 9.17) is 10.5 Å². The number of nitrogens with one attached hydrogen (secondary N) is 1. The smallest absolute Gasteiger partial charge is 0.414 e. The molecular weight excluding hydrogens is 232 g/mol. The molecule has 0 saturated carbocycles. The molecule has 94 valence electrons. The van der Waals surface area contributed by atoms with Gasteiger partial charge in [-0.1, -0.05) is 0 Å². The van der Waals surface area contributed by atoms with Crippen LogP contribution in [0.4, 0.5) is 10.5 Å². The molecule has 6 nitrogen and oxygen atoms in total. The number of H-pyrrole nitrogens is 1. The van der Waals surface area contributed by atoms with E-state index in [2.05, 4.69) is 9.97 Å².